The Morgan fingerprint density at radius 1 is 1.28 bits per heavy atom. The van der Waals surface area contributed by atoms with Crippen molar-refractivity contribution in [3.05, 3.63) is 34.3 Å². The smallest absolute Gasteiger partial charge is 0.257 e. The van der Waals surface area contributed by atoms with E-state index in [2.05, 4.69) is 15.6 Å². The lowest BCUT2D eigenvalue weighted by Gasteiger charge is -2.19. The first-order valence-corrected chi connectivity index (χ1v) is 8.89. The van der Waals surface area contributed by atoms with Gasteiger partial charge in [0.2, 0.25) is 12.7 Å². The number of hydrogen-bond acceptors (Lipinski definition) is 6. The number of benzene rings is 1. The molecule has 1 aromatic carbocycles. The number of ether oxygens (including phenoxy) is 2. The van der Waals surface area contributed by atoms with Crippen LogP contribution < -0.4 is 20.1 Å². The van der Waals surface area contributed by atoms with Crippen molar-refractivity contribution in [1.82, 2.24) is 10.3 Å². The van der Waals surface area contributed by atoms with Crippen LogP contribution in [0.15, 0.2) is 18.2 Å². The molecule has 0 saturated heterocycles. The lowest BCUT2D eigenvalue weighted by Crippen LogP contribution is -2.28. The van der Waals surface area contributed by atoms with E-state index < -0.39 is 0 Å². The van der Waals surface area contributed by atoms with E-state index in [-0.39, 0.29) is 24.5 Å². The molecule has 2 N–H and O–H groups in total. The summed E-state index contributed by atoms with van der Waals surface area (Å²) in [5, 5.41) is 6.03. The largest absolute Gasteiger partial charge is 0.454 e. The van der Waals surface area contributed by atoms with E-state index in [1.54, 1.807) is 25.2 Å². The first-order chi connectivity index (χ1) is 12.2. The minimum Gasteiger partial charge on any atom is -0.454 e. The molecule has 0 spiro atoms. The maximum Gasteiger partial charge on any atom is 0.257 e. The number of anilines is 1. The highest BCUT2D eigenvalue weighted by Crippen LogP contribution is 2.37. The fourth-order valence-electron chi connectivity index (χ4n) is 3.11. The van der Waals surface area contributed by atoms with E-state index in [0.717, 1.165) is 29.8 Å². The van der Waals surface area contributed by atoms with Crippen LogP contribution in [0, 0.1) is 0 Å². The summed E-state index contributed by atoms with van der Waals surface area (Å²) in [7, 11) is 1.63. The molecule has 1 atom stereocenters. The first-order valence-electron chi connectivity index (χ1n) is 8.08. The predicted octanol–water partition coefficient (Wildman–Crippen LogP) is 2.29. The van der Waals surface area contributed by atoms with E-state index in [1.165, 1.54) is 11.3 Å². The van der Waals surface area contributed by atoms with E-state index >= 15 is 0 Å². The van der Waals surface area contributed by atoms with Crippen LogP contribution in [-0.4, -0.2) is 30.6 Å². The van der Waals surface area contributed by atoms with Crippen LogP contribution in [-0.2, 0) is 11.2 Å². The van der Waals surface area contributed by atoms with E-state index in [9.17, 15) is 9.59 Å². The molecule has 25 heavy (non-hydrogen) atoms. The molecular weight excluding hydrogens is 342 g/mol. The Morgan fingerprint density at radius 2 is 2.12 bits per heavy atom. The third-order valence-electron chi connectivity index (χ3n) is 4.37. The minimum atomic E-state index is -0.263. The molecule has 2 amide bonds. The summed E-state index contributed by atoms with van der Waals surface area (Å²) in [6.07, 6.45) is 2.62. The number of aromatic nitrogens is 1. The molecule has 0 radical (unpaired) electrons. The summed E-state index contributed by atoms with van der Waals surface area (Å²) >= 11 is 1.44. The molecule has 0 fully saturated rings. The summed E-state index contributed by atoms with van der Waals surface area (Å²) in [6, 6.07) is 5.05. The van der Waals surface area contributed by atoms with Crippen molar-refractivity contribution >= 4 is 28.3 Å². The molecule has 1 aliphatic carbocycles. The van der Waals surface area contributed by atoms with Crippen LogP contribution in [0.1, 0.15) is 39.7 Å². The number of aryl methyl sites for hydroxylation is 1. The number of nitrogens with one attached hydrogen (secondary N) is 2. The number of rotatable bonds is 3. The average molecular weight is 359 g/mol. The number of carbonyl (C=O) groups is 2. The Balaban J connectivity index is 1.54. The van der Waals surface area contributed by atoms with Crippen molar-refractivity contribution < 1.29 is 19.1 Å². The average Bonchev–Trinajstić information content (AvgIpc) is 3.25. The topological polar surface area (TPSA) is 89.6 Å². The normalized spacial score (nSPS) is 17.7. The van der Waals surface area contributed by atoms with Crippen LogP contribution in [0.2, 0.25) is 0 Å². The lowest BCUT2D eigenvalue weighted by atomic mass is 9.90. The molecule has 1 unspecified atom stereocenters. The molecule has 2 heterocycles. The molecule has 4 rings (SSSR count). The van der Waals surface area contributed by atoms with Crippen LogP contribution in [0.4, 0.5) is 5.13 Å². The molecule has 1 aromatic heterocycles. The SMILES string of the molecule is CNC(=O)C1CCCc2sc(NC(=O)c3ccc4c(c3)OCO4)nc21. The van der Waals surface area contributed by atoms with Gasteiger partial charge in [-0.3, -0.25) is 14.9 Å². The number of likely N-dealkylation sites (N-methyl/N-ethyl adjacent to an activating group) is 1. The maximum absolute atomic E-state index is 12.5. The van der Waals surface area contributed by atoms with E-state index in [0.29, 0.717) is 22.2 Å². The zero-order valence-electron chi connectivity index (χ0n) is 13.6. The molecule has 2 aliphatic rings. The van der Waals surface area contributed by atoms with Gasteiger partial charge in [0.15, 0.2) is 16.6 Å². The van der Waals surface area contributed by atoms with Gasteiger partial charge in [-0.15, -0.1) is 11.3 Å². The number of carbonyl (C=O) groups excluding carboxylic acids is 2. The van der Waals surface area contributed by atoms with Crippen molar-refractivity contribution in [2.45, 2.75) is 25.2 Å². The van der Waals surface area contributed by atoms with Crippen LogP contribution >= 0.6 is 11.3 Å². The molecule has 130 valence electrons. The molecule has 8 heteroatoms. The van der Waals surface area contributed by atoms with Gasteiger partial charge in [-0.2, -0.15) is 0 Å². The summed E-state index contributed by atoms with van der Waals surface area (Å²) < 4.78 is 10.5. The van der Waals surface area contributed by atoms with Gasteiger partial charge < -0.3 is 14.8 Å². The second kappa shape index (κ2) is 6.36. The maximum atomic E-state index is 12.5. The predicted molar refractivity (Wildman–Crippen MR) is 92.4 cm³/mol. The molecule has 7 nitrogen and oxygen atoms in total. The Hall–Kier alpha value is -2.61. The number of nitrogens with zero attached hydrogens (tertiary/aromatic N) is 1. The minimum absolute atomic E-state index is 0.0279. The Kier molecular flexibility index (Phi) is 4.04. The summed E-state index contributed by atoms with van der Waals surface area (Å²) in [5.41, 5.74) is 1.26. The molecular formula is C17H17N3O4S. The molecule has 0 saturated carbocycles. The van der Waals surface area contributed by atoms with E-state index in [1.807, 2.05) is 0 Å². The summed E-state index contributed by atoms with van der Waals surface area (Å²) in [5.74, 6) is 0.669. The highest BCUT2D eigenvalue weighted by molar-refractivity contribution is 7.15. The second-order valence-corrected chi connectivity index (χ2v) is 6.99. The zero-order chi connectivity index (χ0) is 17.4. The Labute approximate surface area is 148 Å². The quantitative estimate of drug-likeness (QED) is 0.878. The van der Waals surface area contributed by atoms with Crippen LogP contribution in [0.25, 0.3) is 0 Å². The zero-order valence-corrected chi connectivity index (χ0v) is 14.4. The summed E-state index contributed by atoms with van der Waals surface area (Å²) in [6.45, 7) is 0.167. The Bertz CT molecular complexity index is 848. The Morgan fingerprint density at radius 3 is 2.96 bits per heavy atom. The molecule has 2 aromatic rings. The van der Waals surface area contributed by atoms with Gasteiger partial charge in [0.1, 0.15) is 0 Å². The third-order valence-corrected chi connectivity index (χ3v) is 5.42. The van der Waals surface area contributed by atoms with Gasteiger partial charge in [0.25, 0.3) is 5.91 Å². The van der Waals surface area contributed by atoms with E-state index in [4.69, 9.17) is 9.47 Å². The van der Waals surface area contributed by atoms with Crippen molar-refractivity contribution in [2.75, 3.05) is 19.2 Å². The van der Waals surface area contributed by atoms with Crippen LogP contribution in [0.5, 0.6) is 11.5 Å². The van der Waals surface area contributed by atoms with Gasteiger partial charge in [0, 0.05) is 17.5 Å². The molecule has 0 bridgehead atoms. The first kappa shape index (κ1) is 15.9. The van der Waals surface area contributed by atoms with Crippen molar-refractivity contribution in [2.24, 2.45) is 0 Å². The summed E-state index contributed by atoms with van der Waals surface area (Å²) in [4.78, 5) is 30.1. The number of thiazole rings is 1. The van der Waals surface area contributed by atoms with Gasteiger partial charge in [-0.1, -0.05) is 0 Å². The highest BCUT2D eigenvalue weighted by atomic mass is 32.1. The van der Waals surface area contributed by atoms with Crippen molar-refractivity contribution in [3.63, 3.8) is 0 Å². The fraction of sp³-hybridized carbons (Fsp3) is 0.353. The highest BCUT2D eigenvalue weighted by Gasteiger charge is 2.30. The van der Waals surface area contributed by atoms with Crippen molar-refractivity contribution in [1.29, 1.82) is 0 Å². The monoisotopic (exact) mass is 359 g/mol. The number of fused-ring (bicyclic) bond motifs is 2. The second-order valence-electron chi connectivity index (χ2n) is 5.91. The van der Waals surface area contributed by atoms with Gasteiger partial charge >= 0.3 is 0 Å². The van der Waals surface area contributed by atoms with Crippen LogP contribution in [0.3, 0.4) is 0 Å². The molecule has 1 aliphatic heterocycles. The van der Waals surface area contributed by atoms with Crippen molar-refractivity contribution in [3.8, 4) is 11.5 Å². The lowest BCUT2D eigenvalue weighted by molar-refractivity contribution is -0.122. The standard InChI is InChI=1S/C17H17N3O4S/c1-18-16(22)10-3-2-4-13-14(10)19-17(25-13)20-15(21)9-5-6-11-12(7-9)24-8-23-11/h5-7,10H,2-4,8H2,1H3,(H,18,22)(H,19,20,21). The third kappa shape index (κ3) is 2.93. The number of hydrogen-bond donors (Lipinski definition) is 2. The fourth-order valence-corrected chi connectivity index (χ4v) is 4.17. The van der Waals surface area contributed by atoms with Gasteiger partial charge in [-0.25, -0.2) is 4.98 Å². The number of amides is 2. The van der Waals surface area contributed by atoms with Gasteiger partial charge in [0.05, 0.1) is 11.6 Å². The van der Waals surface area contributed by atoms with Gasteiger partial charge in [-0.05, 0) is 37.5 Å².